The number of hydrogen-bond donors (Lipinski definition) is 0. The number of rotatable bonds is 9. The summed E-state index contributed by atoms with van der Waals surface area (Å²) in [7, 11) is 0. The smallest absolute Gasteiger partial charge is 0.181 e. The van der Waals surface area contributed by atoms with E-state index < -0.39 is 5.41 Å². The van der Waals surface area contributed by atoms with Gasteiger partial charge in [0.2, 0.25) is 0 Å². The Hall–Kier alpha value is -2.51. The van der Waals surface area contributed by atoms with E-state index in [-0.39, 0.29) is 6.42 Å². The molecule has 4 nitrogen and oxygen atoms in total. The highest BCUT2D eigenvalue weighted by Crippen LogP contribution is 2.28. The van der Waals surface area contributed by atoms with Crippen LogP contribution in [0.25, 0.3) is 0 Å². The van der Waals surface area contributed by atoms with Crippen LogP contribution in [0.2, 0.25) is 0 Å². The summed E-state index contributed by atoms with van der Waals surface area (Å²) in [6.45, 7) is 6.37. The molecule has 0 aliphatic rings. The van der Waals surface area contributed by atoms with Gasteiger partial charge < -0.3 is 4.90 Å². The SMILES string of the molecule is CCCCN(CCCC)c1ccc(C(C#N)(C#N)CC#N)cc1. The summed E-state index contributed by atoms with van der Waals surface area (Å²) in [5.74, 6) is 0. The van der Waals surface area contributed by atoms with E-state index in [0.717, 1.165) is 44.5 Å². The molecule has 0 aliphatic carbocycles. The molecule has 0 aromatic heterocycles. The van der Waals surface area contributed by atoms with Crippen molar-refractivity contribution in [1.29, 1.82) is 15.8 Å². The van der Waals surface area contributed by atoms with Gasteiger partial charge in [-0.3, -0.25) is 0 Å². The van der Waals surface area contributed by atoms with Crippen LogP contribution in [0.15, 0.2) is 24.3 Å². The van der Waals surface area contributed by atoms with E-state index in [4.69, 9.17) is 5.26 Å². The first-order chi connectivity index (χ1) is 11.2. The van der Waals surface area contributed by atoms with Gasteiger partial charge in [-0.2, -0.15) is 15.8 Å². The first-order valence-electron chi connectivity index (χ1n) is 8.22. The number of anilines is 1. The second kappa shape index (κ2) is 9.50. The van der Waals surface area contributed by atoms with E-state index in [9.17, 15) is 10.5 Å². The quantitative estimate of drug-likeness (QED) is 0.682. The molecule has 0 saturated carbocycles. The average molecular weight is 308 g/mol. The van der Waals surface area contributed by atoms with Gasteiger partial charge in [0.05, 0.1) is 24.6 Å². The van der Waals surface area contributed by atoms with Crippen LogP contribution >= 0.6 is 0 Å². The maximum atomic E-state index is 9.34. The molecule has 0 atom stereocenters. The topological polar surface area (TPSA) is 74.6 Å². The minimum Gasteiger partial charge on any atom is -0.372 e. The first-order valence-corrected chi connectivity index (χ1v) is 8.22. The third-order valence-corrected chi connectivity index (χ3v) is 4.01. The molecule has 0 heterocycles. The van der Waals surface area contributed by atoms with Gasteiger partial charge in [-0.15, -0.1) is 0 Å². The zero-order chi connectivity index (χ0) is 17.1. The van der Waals surface area contributed by atoms with Gasteiger partial charge in [-0.25, -0.2) is 0 Å². The fourth-order valence-corrected chi connectivity index (χ4v) is 2.48. The molecule has 1 aromatic rings. The summed E-state index contributed by atoms with van der Waals surface area (Å²) in [5, 5.41) is 27.6. The van der Waals surface area contributed by atoms with Crippen molar-refractivity contribution in [3.8, 4) is 18.2 Å². The number of nitrogens with zero attached hydrogens (tertiary/aromatic N) is 4. The molecular formula is C19H24N4. The molecule has 0 spiro atoms. The van der Waals surface area contributed by atoms with E-state index in [1.807, 2.05) is 42.5 Å². The number of hydrogen-bond acceptors (Lipinski definition) is 4. The fourth-order valence-electron chi connectivity index (χ4n) is 2.48. The molecular weight excluding hydrogens is 284 g/mol. The number of unbranched alkanes of at least 4 members (excludes halogenated alkanes) is 2. The van der Waals surface area contributed by atoms with Gasteiger partial charge >= 0.3 is 0 Å². The lowest BCUT2D eigenvalue weighted by atomic mass is 9.81. The summed E-state index contributed by atoms with van der Waals surface area (Å²) in [4.78, 5) is 2.35. The van der Waals surface area contributed by atoms with Crippen molar-refractivity contribution >= 4 is 5.69 Å². The van der Waals surface area contributed by atoms with Crippen LogP contribution in [-0.2, 0) is 5.41 Å². The van der Waals surface area contributed by atoms with Crippen molar-refractivity contribution in [2.24, 2.45) is 0 Å². The molecule has 23 heavy (non-hydrogen) atoms. The Morgan fingerprint density at radius 2 is 1.43 bits per heavy atom. The predicted octanol–water partition coefficient (Wildman–Crippen LogP) is 4.29. The lowest BCUT2D eigenvalue weighted by Crippen LogP contribution is -2.26. The minimum atomic E-state index is -1.37. The monoisotopic (exact) mass is 308 g/mol. The zero-order valence-corrected chi connectivity index (χ0v) is 14.0. The maximum Gasteiger partial charge on any atom is 0.181 e. The summed E-state index contributed by atoms with van der Waals surface area (Å²) >= 11 is 0. The molecule has 0 fully saturated rings. The molecule has 0 saturated heterocycles. The van der Waals surface area contributed by atoms with Gasteiger partial charge in [-0.05, 0) is 30.5 Å². The molecule has 0 aliphatic heterocycles. The first kappa shape index (κ1) is 18.5. The van der Waals surface area contributed by atoms with Crippen LogP contribution in [0, 0.1) is 34.0 Å². The maximum absolute atomic E-state index is 9.34. The van der Waals surface area contributed by atoms with Crippen molar-refractivity contribution in [1.82, 2.24) is 0 Å². The standard InChI is InChI=1S/C19H24N4/c1-3-5-13-23(14-6-4-2)18-9-7-17(8-10-18)19(15-21,16-22)11-12-20/h7-10H,3-6,11,13-14H2,1-2H3. The highest BCUT2D eigenvalue weighted by molar-refractivity contribution is 5.51. The molecule has 0 radical (unpaired) electrons. The normalized spacial score (nSPS) is 10.4. The van der Waals surface area contributed by atoms with Gasteiger partial charge in [-0.1, -0.05) is 38.8 Å². The second-order valence-corrected chi connectivity index (χ2v) is 5.70. The summed E-state index contributed by atoms with van der Waals surface area (Å²) < 4.78 is 0. The third-order valence-electron chi connectivity index (χ3n) is 4.01. The van der Waals surface area contributed by atoms with E-state index >= 15 is 0 Å². The minimum absolute atomic E-state index is 0.116. The molecule has 0 bridgehead atoms. The molecule has 0 amide bonds. The Bertz CT molecular complexity index is 576. The van der Waals surface area contributed by atoms with Crippen LogP contribution in [0.5, 0.6) is 0 Å². The Kier molecular flexibility index (Phi) is 7.65. The Labute approximate surface area is 139 Å². The van der Waals surface area contributed by atoms with Crippen LogP contribution in [0.3, 0.4) is 0 Å². The summed E-state index contributed by atoms with van der Waals surface area (Å²) in [6, 6.07) is 13.5. The fraction of sp³-hybridized carbons (Fsp3) is 0.526. The summed E-state index contributed by atoms with van der Waals surface area (Å²) in [5.41, 5.74) is 0.335. The second-order valence-electron chi connectivity index (χ2n) is 5.70. The lowest BCUT2D eigenvalue weighted by Gasteiger charge is -2.25. The van der Waals surface area contributed by atoms with Crippen molar-refractivity contribution in [2.45, 2.75) is 51.4 Å². The van der Waals surface area contributed by atoms with Crippen molar-refractivity contribution in [3.05, 3.63) is 29.8 Å². The van der Waals surface area contributed by atoms with Crippen LogP contribution in [-0.4, -0.2) is 13.1 Å². The third kappa shape index (κ3) is 4.73. The average Bonchev–Trinajstić information content (AvgIpc) is 2.60. The van der Waals surface area contributed by atoms with E-state index in [0.29, 0.717) is 5.56 Å². The Morgan fingerprint density at radius 3 is 1.83 bits per heavy atom. The van der Waals surface area contributed by atoms with E-state index in [2.05, 4.69) is 18.7 Å². The van der Waals surface area contributed by atoms with Gasteiger partial charge in [0, 0.05) is 18.8 Å². The predicted molar refractivity (Wildman–Crippen MR) is 91.6 cm³/mol. The van der Waals surface area contributed by atoms with Crippen LogP contribution in [0.4, 0.5) is 5.69 Å². The van der Waals surface area contributed by atoms with E-state index in [1.54, 1.807) is 0 Å². The largest absolute Gasteiger partial charge is 0.372 e. The van der Waals surface area contributed by atoms with Gasteiger partial charge in [0.1, 0.15) is 0 Å². The molecule has 1 rings (SSSR count). The highest BCUT2D eigenvalue weighted by Gasteiger charge is 2.32. The Morgan fingerprint density at radius 1 is 0.913 bits per heavy atom. The van der Waals surface area contributed by atoms with Crippen LogP contribution < -0.4 is 4.90 Å². The molecule has 120 valence electrons. The van der Waals surface area contributed by atoms with Crippen molar-refractivity contribution in [2.75, 3.05) is 18.0 Å². The summed E-state index contributed by atoms with van der Waals surface area (Å²) in [6.07, 6.45) is 4.46. The van der Waals surface area contributed by atoms with E-state index in [1.165, 1.54) is 0 Å². The van der Waals surface area contributed by atoms with Crippen molar-refractivity contribution in [3.63, 3.8) is 0 Å². The molecule has 1 aromatic carbocycles. The Balaban J connectivity index is 3.03. The zero-order valence-electron chi connectivity index (χ0n) is 14.0. The van der Waals surface area contributed by atoms with Gasteiger partial charge in [0.15, 0.2) is 5.41 Å². The molecule has 0 unspecified atom stereocenters. The van der Waals surface area contributed by atoms with Crippen molar-refractivity contribution < 1.29 is 0 Å². The highest BCUT2D eigenvalue weighted by atomic mass is 15.1. The molecule has 0 N–H and O–H groups in total. The number of nitriles is 3. The van der Waals surface area contributed by atoms with Gasteiger partial charge in [0.25, 0.3) is 0 Å². The van der Waals surface area contributed by atoms with Crippen LogP contribution in [0.1, 0.15) is 51.5 Å². The molecule has 4 heteroatoms. The lowest BCUT2D eigenvalue weighted by molar-refractivity contribution is 0.677. The number of benzene rings is 1.